The molecule has 0 radical (unpaired) electrons. The SMILES string of the molecule is Cc1ccc([C@H]2C[C@@H]2C(=O)N=[N+]=[N-])cc1. The fourth-order valence-corrected chi connectivity index (χ4v) is 1.77. The molecule has 4 heteroatoms. The highest BCUT2D eigenvalue weighted by molar-refractivity contribution is 5.83. The second-order valence-electron chi connectivity index (χ2n) is 3.89. The van der Waals surface area contributed by atoms with E-state index >= 15 is 0 Å². The Bertz CT molecular complexity index is 432. The molecule has 1 aliphatic rings. The van der Waals surface area contributed by atoms with Crippen LogP contribution in [0.5, 0.6) is 0 Å². The van der Waals surface area contributed by atoms with Gasteiger partial charge in [0.2, 0.25) is 5.91 Å². The summed E-state index contributed by atoms with van der Waals surface area (Å²) in [7, 11) is 0. The lowest BCUT2D eigenvalue weighted by Gasteiger charge is -1.98. The molecule has 0 saturated heterocycles. The highest BCUT2D eigenvalue weighted by atomic mass is 16.2. The normalized spacial score (nSPS) is 23.0. The number of aryl methyl sites for hydroxylation is 1. The topological polar surface area (TPSA) is 65.8 Å². The first-order chi connectivity index (χ1) is 7.22. The Hall–Kier alpha value is -1.80. The molecule has 4 nitrogen and oxygen atoms in total. The van der Waals surface area contributed by atoms with Crippen molar-refractivity contribution in [2.75, 3.05) is 0 Å². The molecule has 0 bridgehead atoms. The van der Waals surface area contributed by atoms with E-state index in [9.17, 15) is 4.79 Å². The van der Waals surface area contributed by atoms with Gasteiger partial charge in [0.15, 0.2) is 0 Å². The van der Waals surface area contributed by atoms with E-state index in [1.54, 1.807) is 0 Å². The molecule has 0 heterocycles. The zero-order chi connectivity index (χ0) is 10.8. The Kier molecular flexibility index (Phi) is 2.44. The van der Waals surface area contributed by atoms with Gasteiger partial charge < -0.3 is 0 Å². The van der Waals surface area contributed by atoms with Crippen molar-refractivity contribution >= 4 is 5.91 Å². The number of azide groups is 1. The van der Waals surface area contributed by atoms with Crippen LogP contribution < -0.4 is 0 Å². The van der Waals surface area contributed by atoms with Crippen LogP contribution in [-0.4, -0.2) is 5.91 Å². The van der Waals surface area contributed by atoms with Gasteiger partial charge in [-0.3, -0.25) is 4.79 Å². The largest absolute Gasteiger partial charge is 0.292 e. The first-order valence-corrected chi connectivity index (χ1v) is 4.88. The van der Waals surface area contributed by atoms with E-state index in [1.807, 2.05) is 31.2 Å². The molecular weight excluding hydrogens is 190 g/mol. The van der Waals surface area contributed by atoms with Crippen LogP contribution in [0.25, 0.3) is 10.4 Å². The van der Waals surface area contributed by atoms with Gasteiger partial charge in [-0.1, -0.05) is 29.8 Å². The van der Waals surface area contributed by atoms with Crippen LogP contribution in [0, 0.1) is 12.8 Å². The molecular formula is C11H11N3O. The lowest BCUT2D eigenvalue weighted by molar-refractivity contribution is -0.119. The van der Waals surface area contributed by atoms with E-state index in [2.05, 4.69) is 10.0 Å². The lowest BCUT2D eigenvalue weighted by Crippen LogP contribution is -1.96. The Morgan fingerprint density at radius 1 is 1.47 bits per heavy atom. The fourth-order valence-electron chi connectivity index (χ4n) is 1.77. The number of carbonyl (C=O) groups is 1. The van der Waals surface area contributed by atoms with Crippen LogP contribution in [0.2, 0.25) is 0 Å². The molecule has 0 N–H and O–H groups in total. The lowest BCUT2D eigenvalue weighted by atomic mass is 10.1. The zero-order valence-electron chi connectivity index (χ0n) is 8.42. The summed E-state index contributed by atoms with van der Waals surface area (Å²) in [4.78, 5) is 13.8. The summed E-state index contributed by atoms with van der Waals surface area (Å²) < 4.78 is 0. The van der Waals surface area contributed by atoms with Crippen molar-refractivity contribution < 1.29 is 4.79 Å². The number of carbonyl (C=O) groups excluding carboxylic acids is 1. The van der Waals surface area contributed by atoms with E-state index in [-0.39, 0.29) is 17.7 Å². The molecule has 1 aromatic rings. The predicted octanol–water partition coefficient (Wildman–Crippen LogP) is 2.94. The highest BCUT2D eigenvalue weighted by Crippen LogP contribution is 2.48. The molecule has 15 heavy (non-hydrogen) atoms. The van der Waals surface area contributed by atoms with Crippen LogP contribution >= 0.6 is 0 Å². The minimum atomic E-state index is -0.330. The monoisotopic (exact) mass is 201 g/mol. The van der Waals surface area contributed by atoms with Crippen molar-refractivity contribution in [3.63, 3.8) is 0 Å². The minimum Gasteiger partial charge on any atom is -0.292 e. The molecule has 2 atom stereocenters. The minimum absolute atomic E-state index is 0.0939. The van der Waals surface area contributed by atoms with Gasteiger partial charge in [-0.2, -0.15) is 0 Å². The van der Waals surface area contributed by atoms with E-state index in [1.165, 1.54) is 5.56 Å². The van der Waals surface area contributed by atoms with E-state index in [0.29, 0.717) is 0 Å². The summed E-state index contributed by atoms with van der Waals surface area (Å²) >= 11 is 0. The van der Waals surface area contributed by atoms with Crippen LogP contribution in [0.4, 0.5) is 0 Å². The summed E-state index contributed by atoms with van der Waals surface area (Å²) in [5.41, 5.74) is 10.5. The second-order valence-corrected chi connectivity index (χ2v) is 3.89. The summed E-state index contributed by atoms with van der Waals surface area (Å²) in [5, 5.41) is 3.12. The number of nitrogens with zero attached hydrogens (tertiary/aromatic N) is 3. The maximum atomic E-state index is 11.2. The third-order valence-electron chi connectivity index (χ3n) is 2.76. The van der Waals surface area contributed by atoms with Gasteiger partial charge in [0, 0.05) is 10.8 Å². The van der Waals surface area contributed by atoms with Gasteiger partial charge >= 0.3 is 0 Å². The van der Waals surface area contributed by atoms with Crippen molar-refractivity contribution in [3.8, 4) is 0 Å². The zero-order valence-corrected chi connectivity index (χ0v) is 8.42. The van der Waals surface area contributed by atoms with Gasteiger partial charge in [0.25, 0.3) is 0 Å². The second kappa shape index (κ2) is 3.75. The fraction of sp³-hybridized carbons (Fsp3) is 0.364. The highest BCUT2D eigenvalue weighted by Gasteiger charge is 2.43. The quantitative estimate of drug-likeness (QED) is 0.412. The molecule has 0 aliphatic heterocycles. The third kappa shape index (κ3) is 2.00. The average Bonchev–Trinajstić information content (AvgIpc) is 2.99. The Morgan fingerprint density at radius 2 is 2.13 bits per heavy atom. The third-order valence-corrected chi connectivity index (χ3v) is 2.76. The standard InChI is InChI=1S/C11H11N3O/c1-7-2-4-8(5-3-7)9-6-10(9)11(15)13-14-12/h2-5,9-10H,6H2,1H3/t9-,10+/m1/s1. The molecule has 2 rings (SSSR count). The van der Waals surface area contributed by atoms with E-state index < -0.39 is 0 Å². The molecule has 1 fully saturated rings. The van der Waals surface area contributed by atoms with Gasteiger partial charge in [-0.05, 0) is 35.5 Å². The van der Waals surface area contributed by atoms with Crippen LogP contribution in [-0.2, 0) is 4.79 Å². The predicted molar refractivity (Wildman–Crippen MR) is 56.2 cm³/mol. The Balaban J connectivity index is 2.08. The van der Waals surface area contributed by atoms with Crippen LogP contribution in [0.15, 0.2) is 29.4 Å². The summed E-state index contributed by atoms with van der Waals surface area (Å²) in [6.45, 7) is 2.03. The van der Waals surface area contributed by atoms with Gasteiger partial charge in [-0.15, -0.1) is 0 Å². The number of amides is 1. The smallest absolute Gasteiger partial charge is 0.222 e. The average molecular weight is 201 g/mol. The molecule has 76 valence electrons. The van der Waals surface area contributed by atoms with Crippen molar-refractivity contribution in [1.82, 2.24) is 0 Å². The molecule has 0 aromatic heterocycles. The number of rotatable bonds is 2. The summed E-state index contributed by atoms with van der Waals surface area (Å²) in [6.07, 6.45) is 0.806. The maximum absolute atomic E-state index is 11.2. The molecule has 1 aromatic carbocycles. The molecule has 0 spiro atoms. The Morgan fingerprint density at radius 3 is 2.73 bits per heavy atom. The molecule has 1 saturated carbocycles. The van der Waals surface area contributed by atoms with Crippen LogP contribution in [0.3, 0.4) is 0 Å². The first-order valence-electron chi connectivity index (χ1n) is 4.88. The van der Waals surface area contributed by atoms with Crippen molar-refractivity contribution in [2.24, 2.45) is 11.0 Å². The van der Waals surface area contributed by atoms with Gasteiger partial charge in [-0.25, -0.2) is 0 Å². The summed E-state index contributed by atoms with van der Waals surface area (Å²) in [6, 6.07) is 8.12. The van der Waals surface area contributed by atoms with E-state index in [0.717, 1.165) is 12.0 Å². The molecule has 1 aliphatic carbocycles. The number of hydrogen-bond donors (Lipinski definition) is 0. The van der Waals surface area contributed by atoms with Gasteiger partial charge in [0.1, 0.15) is 0 Å². The maximum Gasteiger partial charge on any atom is 0.222 e. The molecule has 1 amide bonds. The van der Waals surface area contributed by atoms with Crippen molar-refractivity contribution in [2.45, 2.75) is 19.3 Å². The summed E-state index contributed by atoms with van der Waals surface area (Å²) in [5.74, 6) is -0.171. The first kappa shape index (κ1) is 9.74. The van der Waals surface area contributed by atoms with Crippen LogP contribution in [0.1, 0.15) is 23.5 Å². The molecule has 0 unspecified atom stereocenters. The van der Waals surface area contributed by atoms with E-state index in [4.69, 9.17) is 5.53 Å². The van der Waals surface area contributed by atoms with Crippen molar-refractivity contribution in [3.05, 3.63) is 45.8 Å². The Labute approximate surface area is 87.5 Å². The van der Waals surface area contributed by atoms with Gasteiger partial charge in [0.05, 0.1) is 0 Å². The number of benzene rings is 1. The number of hydrogen-bond acceptors (Lipinski definition) is 1. The van der Waals surface area contributed by atoms with Crippen molar-refractivity contribution in [1.29, 1.82) is 0 Å².